The molecule has 1 aliphatic heterocycles. The van der Waals surface area contributed by atoms with E-state index in [1.54, 1.807) is 14.2 Å². The zero-order valence-electron chi connectivity index (χ0n) is 13.3. The molecule has 6 nitrogen and oxygen atoms in total. The molecule has 0 radical (unpaired) electrons. The number of rotatable bonds is 7. The van der Waals surface area contributed by atoms with Crippen molar-refractivity contribution in [2.45, 2.75) is 44.8 Å². The summed E-state index contributed by atoms with van der Waals surface area (Å²) < 4.78 is 7.36. The molecule has 1 saturated heterocycles. The zero-order chi connectivity index (χ0) is 15.3. The van der Waals surface area contributed by atoms with Crippen LogP contribution in [-0.4, -0.2) is 53.4 Å². The Bertz CT molecular complexity index is 474. The van der Waals surface area contributed by atoms with Crippen LogP contribution in [0.1, 0.15) is 31.7 Å². The van der Waals surface area contributed by atoms with E-state index in [1.807, 2.05) is 10.9 Å². The first-order valence-electron chi connectivity index (χ1n) is 7.59. The molecule has 1 aliphatic rings. The fourth-order valence-electron chi connectivity index (χ4n) is 3.19. The number of carbonyl (C=O) groups is 1. The number of hydrogen-bond acceptors (Lipinski definition) is 4. The molecule has 0 spiro atoms. The van der Waals surface area contributed by atoms with Crippen molar-refractivity contribution in [3.8, 4) is 0 Å². The van der Waals surface area contributed by atoms with Gasteiger partial charge in [-0.3, -0.25) is 14.4 Å². The lowest BCUT2D eigenvalue weighted by atomic mass is 9.92. The molecule has 6 heteroatoms. The Kier molecular flexibility index (Phi) is 5.36. The number of nitrogens with zero attached hydrogens (tertiary/aromatic N) is 3. The molecule has 2 heterocycles. The molecule has 1 atom stereocenters. The van der Waals surface area contributed by atoms with Gasteiger partial charge in [-0.25, -0.2) is 0 Å². The van der Waals surface area contributed by atoms with Gasteiger partial charge in [-0.05, 0) is 26.3 Å². The van der Waals surface area contributed by atoms with Crippen LogP contribution in [0.4, 0.5) is 0 Å². The fourth-order valence-corrected chi connectivity index (χ4v) is 3.19. The second kappa shape index (κ2) is 7.04. The third kappa shape index (κ3) is 3.63. The number of aryl methyl sites for hydroxylation is 1. The van der Waals surface area contributed by atoms with Gasteiger partial charge in [-0.2, -0.15) is 5.10 Å². The van der Waals surface area contributed by atoms with Crippen LogP contribution in [0, 0.1) is 0 Å². The van der Waals surface area contributed by atoms with E-state index in [0.717, 1.165) is 32.5 Å². The Hall–Kier alpha value is -1.40. The van der Waals surface area contributed by atoms with E-state index in [-0.39, 0.29) is 11.4 Å². The molecular formula is C15H26N4O2. The quantitative estimate of drug-likeness (QED) is 0.816. The monoisotopic (exact) mass is 294 g/mol. The predicted molar refractivity (Wildman–Crippen MR) is 80.8 cm³/mol. The van der Waals surface area contributed by atoms with E-state index in [4.69, 9.17) is 4.74 Å². The van der Waals surface area contributed by atoms with Crippen molar-refractivity contribution in [3.63, 3.8) is 0 Å². The minimum atomic E-state index is -0.191. The van der Waals surface area contributed by atoms with Crippen LogP contribution in [-0.2, 0) is 22.6 Å². The lowest BCUT2D eigenvalue weighted by Crippen LogP contribution is -2.49. The summed E-state index contributed by atoms with van der Waals surface area (Å²) in [6, 6.07) is 0. The highest BCUT2D eigenvalue weighted by Gasteiger charge is 2.42. The van der Waals surface area contributed by atoms with Gasteiger partial charge >= 0.3 is 0 Å². The molecule has 21 heavy (non-hydrogen) atoms. The van der Waals surface area contributed by atoms with E-state index in [1.165, 1.54) is 5.56 Å². The van der Waals surface area contributed by atoms with Gasteiger partial charge in [0.25, 0.3) is 0 Å². The smallest absolute Gasteiger partial charge is 0.221 e. The van der Waals surface area contributed by atoms with Gasteiger partial charge in [0.2, 0.25) is 5.91 Å². The second-order valence-corrected chi connectivity index (χ2v) is 5.74. The molecule has 1 aromatic heterocycles. The number of carbonyl (C=O) groups excluding carboxylic acids is 1. The molecule has 118 valence electrons. The molecule has 1 aromatic rings. The molecule has 2 rings (SSSR count). The van der Waals surface area contributed by atoms with Crippen LogP contribution < -0.4 is 5.32 Å². The van der Waals surface area contributed by atoms with Gasteiger partial charge in [0.05, 0.1) is 18.3 Å². The molecule has 0 saturated carbocycles. The van der Waals surface area contributed by atoms with Crippen molar-refractivity contribution in [2.75, 3.05) is 27.3 Å². The number of amides is 1. The van der Waals surface area contributed by atoms with Crippen molar-refractivity contribution in [1.82, 2.24) is 20.0 Å². The number of likely N-dealkylation sites (tertiary alicyclic amines) is 1. The van der Waals surface area contributed by atoms with Crippen LogP contribution >= 0.6 is 0 Å². The predicted octanol–water partition coefficient (Wildman–Crippen LogP) is 1.02. The van der Waals surface area contributed by atoms with Crippen molar-refractivity contribution >= 4 is 5.91 Å². The number of nitrogens with one attached hydrogen (secondary N) is 1. The lowest BCUT2D eigenvalue weighted by molar-refractivity contribution is -0.124. The highest BCUT2D eigenvalue weighted by Crippen LogP contribution is 2.34. The molecule has 1 N–H and O–H groups in total. The molecule has 0 aromatic carbocycles. The summed E-state index contributed by atoms with van der Waals surface area (Å²) >= 11 is 0. The van der Waals surface area contributed by atoms with Crippen molar-refractivity contribution in [2.24, 2.45) is 0 Å². The maximum Gasteiger partial charge on any atom is 0.221 e. The van der Waals surface area contributed by atoms with Gasteiger partial charge in [0.15, 0.2) is 0 Å². The minimum absolute atomic E-state index is 0.0724. The van der Waals surface area contributed by atoms with E-state index >= 15 is 0 Å². The zero-order valence-corrected chi connectivity index (χ0v) is 13.3. The third-order valence-electron chi connectivity index (χ3n) is 4.31. The fraction of sp³-hybridized carbons (Fsp3) is 0.733. The molecule has 0 unspecified atom stereocenters. The Labute approximate surface area is 126 Å². The van der Waals surface area contributed by atoms with Gasteiger partial charge in [-0.15, -0.1) is 0 Å². The largest absolute Gasteiger partial charge is 0.383 e. The standard InChI is InChI=1S/C15H26N4O2/c1-4-19-11-13(9-17-19)10-18-7-5-6-15(18,12-21-3)8-14(20)16-2/h9,11H,4-8,10,12H2,1-3H3,(H,16,20)/t15-/m1/s1. The summed E-state index contributed by atoms with van der Waals surface area (Å²) in [6.07, 6.45) is 6.58. The van der Waals surface area contributed by atoms with Gasteiger partial charge < -0.3 is 10.1 Å². The van der Waals surface area contributed by atoms with E-state index < -0.39 is 0 Å². The Morgan fingerprint density at radius 1 is 1.57 bits per heavy atom. The van der Waals surface area contributed by atoms with Crippen molar-refractivity contribution in [1.29, 1.82) is 0 Å². The lowest BCUT2D eigenvalue weighted by Gasteiger charge is -2.37. The maximum atomic E-state index is 11.9. The molecule has 0 aliphatic carbocycles. The normalized spacial score (nSPS) is 22.6. The van der Waals surface area contributed by atoms with Crippen LogP contribution in [0.15, 0.2) is 12.4 Å². The summed E-state index contributed by atoms with van der Waals surface area (Å²) in [6.45, 7) is 5.36. The first kappa shape index (κ1) is 16.0. The molecule has 1 amide bonds. The van der Waals surface area contributed by atoms with Gasteiger partial charge in [-0.1, -0.05) is 0 Å². The second-order valence-electron chi connectivity index (χ2n) is 5.74. The topological polar surface area (TPSA) is 59.4 Å². The maximum absolute atomic E-state index is 11.9. The summed E-state index contributed by atoms with van der Waals surface area (Å²) in [4.78, 5) is 14.3. The average Bonchev–Trinajstić information content (AvgIpc) is 3.08. The highest BCUT2D eigenvalue weighted by atomic mass is 16.5. The molecule has 1 fully saturated rings. The highest BCUT2D eigenvalue weighted by molar-refractivity contribution is 5.77. The first-order valence-corrected chi connectivity index (χ1v) is 7.59. The van der Waals surface area contributed by atoms with Crippen molar-refractivity contribution in [3.05, 3.63) is 18.0 Å². The first-order chi connectivity index (χ1) is 10.1. The van der Waals surface area contributed by atoms with Crippen LogP contribution in [0.25, 0.3) is 0 Å². The summed E-state index contributed by atoms with van der Waals surface area (Å²) in [7, 11) is 3.39. The summed E-state index contributed by atoms with van der Waals surface area (Å²) in [5.74, 6) is 0.0724. The summed E-state index contributed by atoms with van der Waals surface area (Å²) in [5.41, 5.74) is 1.000. The van der Waals surface area contributed by atoms with Crippen LogP contribution in [0.3, 0.4) is 0 Å². The summed E-state index contributed by atoms with van der Waals surface area (Å²) in [5, 5.41) is 7.06. The van der Waals surface area contributed by atoms with Crippen molar-refractivity contribution < 1.29 is 9.53 Å². The van der Waals surface area contributed by atoms with E-state index in [2.05, 4.69) is 28.4 Å². The third-order valence-corrected chi connectivity index (χ3v) is 4.31. The van der Waals surface area contributed by atoms with E-state index in [9.17, 15) is 4.79 Å². The number of hydrogen-bond donors (Lipinski definition) is 1. The van der Waals surface area contributed by atoms with Gasteiger partial charge in [0.1, 0.15) is 0 Å². The minimum Gasteiger partial charge on any atom is -0.383 e. The Morgan fingerprint density at radius 2 is 2.38 bits per heavy atom. The SMILES string of the molecule is CCn1cc(CN2CCC[C@]2(COC)CC(=O)NC)cn1. The Morgan fingerprint density at radius 3 is 3.00 bits per heavy atom. The van der Waals surface area contributed by atoms with E-state index in [0.29, 0.717) is 13.0 Å². The number of methoxy groups -OCH3 is 1. The Balaban J connectivity index is 2.12. The average molecular weight is 294 g/mol. The van der Waals surface area contributed by atoms with Crippen LogP contribution in [0.5, 0.6) is 0 Å². The molecule has 0 bridgehead atoms. The molecular weight excluding hydrogens is 268 g/mol. The van der Waals surface area contributed by atoms with Crippen LogP contribution in [0.2, 0.25) is 0 Å². The number of aromatic nitrogens is 2. The van der Waals surface area contributed by atoms with Gasteiger partial charge in [0, 0.05) is 45.4 Å². The number of ether oxygens (including phenoxy) is 1.